The van der Waals surface area contributed by atoms with Crippen LogP contribution in [0.3, 0.4) is 0 Å². The summed E-state index contributed by atoms with van der Waals surface area (Å²) in [5, 5.41) is 0. The van der Waals surface area contributed by atoms with Crippen LogP contribution in [0.2, 0.25) is 0 Å². The van der Waals surface area contributed by atoms with Gasteiger partial charge in [-0.15, -0.1) is 0 Å². The van der Waals surface area contributed by atoms with E-state index in [2.05, 4.69) is 11.8 Å². The van der Waals surface area contributed by atoms with E-state index in [-0.39, 0.29) is 0 Å². The lowest BCUT2D eigenvalue weighted by Gasteiger charge is -2.23. The van der Waals surface area contributed by atoms with Crippen LogP contribution >= 0.6 is 0 Å². The van der Waals surface area contributed by atoms with E-state index in [9.17, 15) is 13.2 Å². The molecule has 0 N–H and O–H groups in total. The Hall–Kier alpha value is -1.03. The van der Waals surface area contributed by atoms with Gasteiger partial charge in [0.1, 0.15) is 0 Å². The molecule has 0 amide bonds. The fourth-order valence-corrected chi connectivity index (χ4v) is 2.38. The molecule has 1 aliphatic rings. The molecule has 94 valence electrons. The summed E-state index contributed by atoms with van der Waals surface area (Å²) in [4.78, 5) is 2.12. The molecule has 1 aliphatic heterocycles. The van der Waals surface area contributed by atoms with Gasteiger partial charge in [0, 0.05) is 12.6 Å². The van der Waals surface area contributed by atoms with E-state index in [1.54, 1.807) is 12.1 Å². The van der Waals surface area contributed by atoms with Gasteiger partial charge in [-0.2, -0.15) is 13.2 Å². The van der Waals surface area contributed by atoms with Crippen LogP contribution in [0.5, 0.6) is 0 Å². The number of alkyl halides is 3. The normalized spacial score (nSPS) is 22.0. The summed E-state index contributed by atoms with van der Waals surface area (Å²) in [6, 6.07) is 6.24. The van der Waals surface area contributed by atoms with E-state index >= 15 is 0 Å². The first kappa shape index (κ1) is 12.4. The van der Waals surface area contributed by atoms with E-state index in [1.165, 1.54) is 6.07 Å². The molecule has 4 heteroatoms. The van der Waals surface area contributed by atoms with Gasteiger partial charge in [-0.25, -0.2) is 0 Å². The zero-order valence-electron chi connectivity index (χ0n) is 9.80. The van der Waals surface area contributed by atoms with Crippen LogP contribution in [0, 0.1) is 0 Å². The van der Waals surface area contributed by atoms with Crippen LogP contribution in [0.4, 0.5) is 13.2 Å². The van der Waals surface area contributed by atoms with Gasteiger partial charge in [0.05, 0.1) is 5.56 Å². The zero-order valence-corrected chi connectivity index (χ0v) is 9.80. The van der Waals surface area contributed by atoms with E-state index < -0.39 is 11.7 Å². The molecule has 2 rings (SSSR count). The molecule has 0 bridgehead atoms. The highest BCUT2D eigenvalue weighted by Gasteiger charge is 2.33. The average molecular weight is 243 g/mol. The first-order valence-corrected chi connectivity index (χ1v) is 5.87. The standard InChI is InChI=1S/C13H16F3N/c1-10-5-4-8-17(10)9-11-6-2-3-7-12(11)13(14,15)16/h2-3,6-7,10H,4-5,8-9H2,1H3. The Balaban J connectivity index is 2.21. The molecule has 1 saturated heterocycles. The third-order valence-electron chi connectivity index (χ3n) is 3.39. The quantitative estimate of drug-likeness (QED) is 0.765. The summed E-state index contributed by atoms with van der Waals surface area (Å²) >= 11 is 0. The highest BCUT2D eigenvalue weighted by atomic mass is 19.4. The molecule has 1 nitrogen and oxygen atoms in total. The topological polar surface area (TPSA) is 3.24 Å². The molecule has 1 aromatic rings. The molecule has 1 unspecified atom stereocenters. The largest absolute Gasteiger partial charge is 0.416 e. The second kappa shape index (κ2) is 4.69. The maximum atomic E-state index is 12.8. The number of benzene rings is 1. The summed E-state index contributed by atoms with van der Waals surface area (Å²) in [6.07, 6.45) is -2.09. The molecule has 1 heterocycles. The predicted molar refractivity (Wildman–Crippen MR) is 60.6 cm³/mol. The first-order valence-electron chi connectivity index (χ1n) is 5.87. The van der Waals surface area contributed by atoms with E-state index in [4.69, 9.17) is 0 Å². The molecule has 0 saturated carbocycles. The van der Waals surface area contributed by atoms with Gasteiger partial charge in [-0.3, -0.25) is 4.90 Å². The Kier molecular flexibility index (Phi) is 3.43. The van der Waals surface area contributed by atoms with Gasteiger partial charge in [-0.1, -0.05) is 18.2 Å². The van der Waals surface area contributed by atoms with Crippen molar-refractivity contribution < 1.29 is 13.2 Å². The van der Waals surface area contributed by atoms with Gasteiger partial charge in [0.2, 0.25) is 0 Å². The van der Waals surface area contributed by atoms with Crippen molar-refractivity contribution in [2.45, 2.75) is 38.5 Å². The van der Waals surface area contributed by atoms with E-state index in [0.717, 1.165) is 25.5 Å². The monoisotopic (exact) mass is 243 g/mol. The van der Waals surface area contributed by atoms with Crippen LogP contribution in [-0.4, -0.2) is 17.5 Å². The minimum atomic E-state index is -4.25. The number of hydrogen-bond donors (Lipinski definition) is 0. The van der Waals surface area contributed by atoms with E-state index in [1.807, 2.05) is 0 Å². The van der Waals surface area contributed by atoms with Crippen LogP contribution < -0.4 is 0 Å². The van der Waals surface area contributed by atoms with Crippen molar-refractivity contribution in [3.05, 3.63) is 35.4 Å². The number of hydrogen-bond acceptors (Lipinski definition) is 1. The molecule has 0 aliphatic carbocycles. The van der Waals surface area contributed by atoms with Gasteiger partial charge in [-0.05, 0) is 37.9 Å². The summed E-state index contributed by atoms with van der Waals surface area (Å²) in [5.41, 5.74) is -0.118. The van der Waals surface area contributed by atoms with Crippen molar-refractivity contribution in [3.8, 4) is 0 Å². The third kappa shape index (κ3) is 2.80. The first-order chi connectivity index (χ1) is 7.98. The molecule has 0 spiro atoms. The van der Waals surface area contributed by atoms with Gasteiger partial charge < -0.3 is 0 Å². The third-order valence-corrected chi connectivity index (χ3v) is 3.39. The Morgan fingerprint density at radius 3 is 2.59 bits per heavy atom. The molecule has 1 atom stereocenters. The van der Waals surface area contributed by atoms with Crippen LogP contribution in [0.1, 0.15) is 30.9 Å². The lowest BCUT2D eigenvalue weighted by Crippen LogP contribution is -2.27. The second-order valence-corrected chi connectivity index (χ2v) is 4.62. The van der Waals surface area contributed by atoms with Crippen molar-refractivity contribution >= 4 is 0 Å². The average Bonchev–Trinajstić information content (AvgIpc) is 2.64. The molecule has 1 aromatic carbocycles. The van der Waals surface area contributed by atoms with Gasteiger partial charge in [0.25, 0.3) is 0 Å². The Morgan fingerprint density at radius 2 is 2.00 bits per heavy atom. The summed E-state index contributed by atoms with van der Waals surface area (Å²) in [6.45, 7) is 3.37. The van der Waals surface area contributed by atoms with Gasteiger partial charge >= 0.3 is 6.18 Å². The highest BCUT2D eigenvalue weighted by Crippen LogP contribution is 2.33. The van der Waals surface area contributed by atoms with Crippen molar-refractivity contribution in [2.24, 2.45) is 0 Å². The van der Waals surface area contributed by atoms with Gasteiger partial charge in [0.15, 0.2) is 0 Å². The highest BCUT2D eigenvalue weighted by molar-refractivity contribution is 5.29. The molecular weight excluding hydrogens is 227 g/mol. The summed E-state index contributed by atoms with van der Waals surface area (Å²) < 4.78 is 38.4. The number of nitrogens with zero attached hydrogens (tertiary/aromatic N) is 1. The maximum absolute atomic E-state index is 12.8. The van der Waals surface area contributed by atoms with E-state index in [0.29, 0.717) is 18.2 Å². The Labute approximate surface area is 99.2 Å². The zero-order chi connectivity index (χ0) is 12.5. The van der Waals surface area contributed by atoms with Crippen LogP contribution in [-0.2, 0) is 12.7 Å². The number of halogens is 3. The maximum Gasteiger partial charge on any atom is 0.416 e. The minimum Gasteiger partial charge on any atom is -0.296 e. The minimum absolute atomic E-state index is 0.383. The van der Waals surface area contributed by atoms with Crippen molar-refractivity contribution in [3.63, 3.8) is 0 Å². The Bertz CT molecular complexity index is 386. The number of rotatable bonds is 2. The summed E-state index contributed by atoms with van der Waals surface area (Å²) in [7, 11) is 0. The summed E-state index contributed by atoms with van der Waals surface area (Å²) in [5.74, 6) is 0. The fourth-order valence-electron chi connectivity index (χ4n) is 2.38. The predicted octanol–water partition coefficient (Wildman–Crippen LogP) is 3.69. The lowest BCUT2D eigenvalue weighted by atomic mass is 10.1. The van der Waals surface area contributed by atoms with Crippen LogP contribution in [0.15, 0.2) is 24.3 Å². The fraction of sp³-hybridized carbons (Fsp3) is 0.538. The molecule has 17 heavy (non-hydrogen) atoms. The Morgan fingerprint density at radius 1 is 1.29 bits per heavy atom. The van der Waals surface area contributed by atoms with Crippen molar-refractivity contribution in [1.82, 2.24) is 4.90 Å². The lowest BCUT2D eigenvalue weighted by molar-refractivity contribution is -0.138. The van der Waals surface area contributed by atoms with Crippen molar-refractivity contribution in [1.29, 1.82) is 0 Å². The molecule has 0 radical (unpaired) electrons. The second-order valence-electron chi connectivity index (χ2n) is 4.62. The smallest absolute Gasteiger partial charge is 0.296 e. The van der Waals surface area contributed by atoms with Crippen molar-refractivity contribution in [2.75, 3.05) is 6.54 Å². The SMILES string of the molecule is CC1CCCN1Cc1ccccc1C(F)(F)F. The molecular formula is C13H16F3N. The molecule has 0 aromatic heterocycles. The molecule has 1 fully saturated rings. The van der Waals surface area contributed by atoms with Crippen LogP contribution in [0.25, 0.3) is 0 Å². The number of likely N-dealkylation sites (tertiary alicyclic amines) is 1.